The highest BCUT2D eigenvalue weighted by atomic mass is 15.3. The first-order valence-corrected chi connectivity index (χ1v) is 8.16. The molecule has 0 aliphatic rings. The molecule has 0 saturated carbocycles. The van der Waals surface area contributed by atoms with Crippen molar-refractivity contribution in [1.29, 1.82) is 0 Å². The first-order valence-electron chi connectivity index (χ1n) is 8.16. The molecule has 2 aromatic heterocycles. The van der Waals surface area contributed by atoms with E-state index in [-0.39, 0.29) is 0 Å². The molecule has 0 unspecified atom stereocenters. The molecule has 0 saturated heterocycles. The molecule has 0 aliphatic heterocycles. The van der Waals surface area contributed by atoms with Crippen LogP contribution in [0.1, 0.15) is 16.8 Å². The van der Waals surface area contributed by atoms with Crippen molar-refractivity contribution in [2.75, 3.05) is 13.6 Å². The van der Waals surface area contributed by atoms with E-state index in [1.165, 1.54) is 22.0 Å². The van der Waals surface area contributed by atoms with E-state index in [9.17, 15) is 0 Å². The summed E-state index contributed by atoms with van der Waals surface area (Å²) in [5.41, 5.74) is 4.94. The fraction of sp³-hybridized carbons (Fsp3) is 0.333. The molecule has 6 nitrogen and oxygen atoms in total. The van der Waals surface area contributed by atoms with Crippen LogP contribution in [-0.2, 0) is 20.0 Å². The predicted molar refractivity (Wildman–Crippen MR) is 98.1 cm³/mol. The van der Waals surface area contributed by atoms with Gasteiger partial charge in [0.15, 0.2) is 5.96 Å². The number of hydrogen-bond donors (Lipinski definition) is 3. The number of rotatable bonds is 5. The summed E-state index contributed by atoms with van der Waals surface area (Å²) in [5.74, 6) is 0.798. The summed E-state index contributed by atoms with van der Waals surface area (Å²) in [6, 6.07) is 8.40. The average Bonchev–Trinajstić information content (AvgIpc) is 3.18. The van der Waals surface area contributed by atoms with Gasteiger partial charge in [0.25, 0.3) is 0 Å². The van der Waals surface area contributed by atoms with Gasteiger partial charge in [-0.2, -0.15) is 5.10 Å². The van der Waals surface area contributed by atoms with Gasteiger partial charge in [-0.1, -0.05) is 18.2 Å². The third-order valence-electron chi connectivity index (χ3n) is 4.28. The third kappa shape index (κ3) is 3.42. The predicted octanol–water partition coefficient (Wildman–Crippen LogP) is 2.12. The number of nitrogens with one attached hydrogen (secondary N) is 3. The molecule has 0 aliphatic carbocycles. The standard InChI is InChI=1S/C18H24N6/c1-13-5-4-6-16-14(11-21-17(13)16)7-9-20-18(19-2)22-12-15-8-10-23-24(15)3/h4-6,8,10-11,21H,7,9,12H2,1-3H3,(H2,19,20,22). The third-order valence-corrected chi connectivity index (χ3v) is 4.28. The highest BCUT2D eigenvalue weighted by Crippen LogP contribution is 2.21. The van der Waals surface area contributed by atoms with Gasteiger partial charge in [-0.25, -0.2) is 0 Å². The van der Waals surface area contributed by atoms with Crippen molar-refractivity contribution in [3.63, 3.8) is 0 Å². The van der Waals surface area contributed by atoms with Crippen LogP contribution in [0.5, 0.6) is 0 Å². The summed E-state index contributed by atoms with van der Waals surface area (Å²) in [4.78, 5) is 7.64. The number of guanidine groups is 1. The summed E-state index contributed by atoms with van der Waals surface area (Å²) >= 11 is 0. The Morgan fingerprint density at radius 3 is 2.92 bits per heavy atom. The van der Waals surface area contributed by atoms with Crippen LogP contribution in [0.25, 0.3) is 10.9 Å². The zero-order valence-electron chi connectivity index (χ0n) is 14.4. The lowest BCUT2D eigenvalue weighted by Crippen LogP contribution is -2.38. The van der Waals surface area contributed by atoms with Crippen LogP contribution in [0, 0.1) is 6.92 Å². The first-order chi connectivity index (χ1) is 11.7. The maximum atomic E-state index is 4.27. The van der Waals surface area contributed by atoms with E-state index >= 15 is 0 Å². The van der Waals surface area contributed by atoms with Crippen LogP contribution in [0.15, 0.2) is 41.7 Å². The van der Waals surface area contributed by atoms with Crippen LogP contribution < -0.4 is 10.6 Å². The molecule has 1 aromatic carbocycles. The number of nitrogens with zero attached hydrogens (tertiary/aromatic N) is 3. The maximum Gasteiger partial charge on any atom is 0.191 e. The number of hydrogen-bond acceptors (Lipinski definition) is 2. The smallest absolute Gasteiger partial charge is 0.191 e. The Morgan fingerprint density at radius 1 is 1.29 bits per heavy atom. The second-order valence-corrected chi connectivity index (χ2v) is 5.86. The normalized spacial score (nSPS) is 11.9. The Morgan fingerprint density at radius 2 is 2.17 bits per heavy atom. The maximum absolute atomic E-state index is 4.27. The van der Waals surface area contributed by atoms with Crippen LogP contribution >= 0.6 is 0 Å². The SMILES string of the molecule is CN=C(NCCc1c[nH]c2c(C)cccc12)NCc1ccnn1C. The Bertz CT molecular complexity index is 842. The quantitative estimate of drug-likeness (QED) is 0.497. The van der Waals surface area contributed by atoms with E-state index in [1.807, 2.05) is 17.8 Å². The molecule has 0 radical (unpaired) electrons. The molecule has 0 spiro atoms. The second-order valence-electron chi connectivity index (χ2n) is 5.86. The lowest BCUT2D eigenvalue weighted by atomic mass is 10.1. The molecule has 2 heterocycles. The van der Waals surface area contributed by atoms with E-state index in [0.29, 0.717) is 6.54 Å². The van der Waals surface area contributed by atoms with Gasteiger partial charge < -0.3 is 15.6 Å². The Kier molecular flexibility index (Phi) is 4.84. The minimum atomic E-state index is 0.697. The van der Waals surface area contributed by atoms with E-state index in [1.54, 1.807) is 13.2 Å². The molecule has 6 heteroatoms. The lowest BCUT2D eigenvalue weighted by molar-refractivity contribution is 0.684. The number of aliphatic imine (C=N–C) groups is 1. The summed E-state index contributed by atoms with van der Waals surface area (Å²) < 4.78 is 1.86. The molecule has 0 atom stereocenters. The monoisotopic (exact) mass is 324 g/mol. The van der Waals surface area contributed by atoms with E-state index in [4.69, 9.17) is 0 Å². The lowest BCUT2D eigenvalue weighted by Gasteiger charge is -2.11. The Hall–Kier alpha value is -2.76. The molecule has 126 valence electrons. The largest absolute Gasteiger partial charge is 0.361 e. The highest BCUT2D eigenvalue weighted by molar-refractivity contribution is 5.86. The van der Waals surface area contributed by atoms with Gasteiger partial charge in [0.05, 0.1) is 12.2 Å². The Balaban J connectivity index is 1.54. The number of aromatic nitrogens is 3. The molecule has 3 aromatic rings. The van der Waals surface area contributed by atoms with Crippen molar-refractivity contribution < 1.29 is 0 Å². The Labute approximate surface area is 142 Å². The minimum Gasteiger partial charge on any atom is -0.361 e. The molecule has 3 N–H and O–H groups in total. The van der Waals surface area contributed by atoms with Crippen LogP contribution in [0.4, 0.5) is 0 Å². The zero-order chi connectivity index (χ0) is 16.9. The van der Waals surface area contributed by atoms with Gasteiger partial charge in [0.2, 0.25) is 0 Å². The highest BCUT2D eigenvalue weighted by Gasteiger charge is 2.06. The van der Waals surface area contributed by atoms with Gasteiger partial charge in [0, 0.05) is 43.9 Å². The van der Waals surface area contributed by atoms with Crippen molar-refractivity contribution in [1.82, 2.24) is 25.4 Å². The molecular formula is C18H24N6. The number of benzene rings is 1. The number of H-pyrrole nitrogens is 1. The first kappa shape index (κ1) is 16.1. The fourth-order valence-corrected chi connectivity index (χ4v) is 2.86. The summed E-state index contributed by atoms with van der Waals surface area (Å²) in [5, 5.41) is 12.1. The fourth-order valence-electron chi connectivity index (χ4n) is 2.86. The van der Waals surface area contributed by atoms with E-state index in [2.05, 4.69) is 57.0 Å². The number of fused-ring (bicyclic) bond motifs is 1. The zero-order valence-corrected chi connectivity index (χ0v) is 14.4. The van der Waals surface area contributed by atoms with Crippen molar-refractivity contribution in [2.45, 2.75) is 19.9 Å². The minimum absolute atomic E-state index is 0.697. The van der Waals surface area contributed by atoms with Gasteiger partial charge in [0.1, 0.15) is 0 Å². The van der Waals surface area contributed by atoms with Crippen molar-refractivity contribution in [2.24, 2.45) is 12.0 Å². The molecular weight excluding hydrogens is 300 g/mol. The van der Waals surface area contributed by atoms with E-state index in [0.717, 1.165) is 24.6 Å². The molecule has 0 bridgehead atoms. The average molecular weight is 324 g/mol. The number of aryl methyl sites for hydroxylation is 2. The summed E-state index contributed by atoms with van der Waals surface area (Å²) in [7, 11) is 3.72. The van der Waals surface area contributed by atoms with Crippen LogP contribution in [-0.4, -0.2) is 34.3 Å². The van der Waals surface area contributed by atoms with Gasteiger partial charge in [-0.05, 0) is 30.5 Å². The van der Waals surface area contributed by atoms with Gasteiger partial charge >= 0.3 is 0 Å². The second kappa shape index (κ2) is 7.21. The molecule has 0 amide bonds. The summed E-state index contributed by atoms with van der Waals surface area (Å²) in [6.45, 7) is 3.65. The summed E-state index contributed by atoms with van der Waals surface area (Å²) in [6.07, 6.45) is 4.84. The van der Waals surface area contributed by atoms with Crippen LogP contribution in [0.3, 0.4) is 0 Å². The van der Waals surface area contributed by atoms with Crippen molar-refractivity contribution in [3.8, 4) is 0 Å². The van der Waals surface area contributed by atoms with Gasteiger partial charge in [-0.3, -0.25) is 9.67 Å². The van der Waals surface area contributed by atoms with E-state index < -0.39 is 0 Å². The molecule has 24 heavy (non-hydrogen) atoms. The van der Waals surface area contributed by atoms with Crippen molar-refractivity contribution >= 4 is 16.9 Å². The van der Waals surface area contributed by atoms with Crippen molar-refractivity contribution in [3.05, 3.63) is 53.5 Å². The topological polar surface area (TPSA) is 70.0 Å². The number of aromatic amines is 1. The van der Waals surface area contributed by atoms with Gasteiger partial charge in [-0.15, -0.1) is 0 Å². The van der Waals surface area contributed by atoms with Crippen LogP contribution in [0.2, 0.25) is 0 Å². The molecule has 0 fully saturated rings. The molecule has 3 rings (SSSR count). The number of para-hydroxylation sites is 1.